The third kappa shape index (κ3) is 4.93. The third-order valence-electron chi connectivity index (χ3n) is 5.76. The van der Waals surface area contributed by atoms with E-state index in [0.717, 1.165) is 59.3 Å². The van der Waals surface area contributed by atoms with Gasteiger partial charge < -0.3 is 4.98 Å². The number of fused-ring (bicyclic) bond motifs is 1. The zero-order valence-electron chi connectivity index (χ0n) is 20.6. The molecule has 0 fully saturated rings. The monoisotopic (exact) mass is 479 g/mol. The van der Waals surface area contributed by atoms with E-state index in [1.54, 1.807) is 17.5 Å². The Morgan fingerprint density at radius 1 is 1.11 bits per heavy atom. The molecule has 0 aliphatic heterocycles. The standard InChI is InChI=1S/C29H29N5S/c1-8-18(5)16-21(9-2)19(6)10-11-22-20(7)26(34-33-22)29-31-23-14-15-30-28(27(23)32-29)25-13-12-24(35-25)17(3)4/h8-16,33H,1,3,7H2,2,4-6H3,(H,31,32)/b18-16-,19-10+,21-9+,22-11+. The van der Waals surface area contributed by atoms with Gasteiger partial charge in [-0.05, 0) is 68.7 Å². The fourth-order valence-electron chi connectivity index (χ4n) is 3.67. The molecule has 0 aliphatic rings. The molecule has 0 saturated carbocycles. The van der Waals surface area contributed by atoms with Crippen molar-refractivity contribution < 1.29 is 0 Å². The highest BCUT2D eigenvalue weighted by molar-refractivity contribution is 7.16. The van der Waals surface area contributed by atoms with Crippen molar-refractivity contribution in [3.05, 3.63) is 94.0 Å². The molecular weight excluding hydrogens is 450 g/mol. The Bertz CT molecular complexity index is 1640. The largest absolute Gasteiger partial charge is 0.336 e. The van der Waals surface area contributed by atoms with Gasteiger partial charge in [-0.1, -0.05) is 49.6 Å². The first-order valence-corrected chi connectivity index (χ1v) is 12.1. The predicted octanol–water partition coefficient (Wildman–Crippen LogP) is 6.33. The van der Waals surface area contributed by atoms with Crippen LogP contribution in [0.3, 0.4) is 0 Å². The molecule has 0 unspecified atom stereocenters. The van der Waals surface area contributed by atoms with E-state index in [-0.39, 0.29) is 0 Å². The number of hydrogen-bond donors (Lipinski definition) is 2. The average molecular weight is 480 g/mol. The van der Waals surface area contributed by atoms with E-state index >= 15 is 0 Å². The van der Waals surface area contributed by atoms with Gasteiger partial charge >= 0.3 is 0 Å². The maximum Gasteiger partial charge on any atom is 0.159 e. The summed E-state index contributed by atoms with van der Waals surface area (Å²) in [6.07, 6.45) is 11.9. The Balaban J connectivity index is 1.72. The molecule has 0 spiro atoms. The first-order valence-electron chi connectivity index (χ1n) is 11.3. The molecule has 0 aliphatic carbocycles. The molecule has 0 radical (unpaired) electrons. The van der Waals surface area contributed by atoms with Crippen molar-refractivity contribution in [1.82, 2.24) is 25.1 Å². The highest BCUT2D eigenvalue weighted by Gasteiger charge is 2.15. The molecule has 0 atom stereocenters. The van der Waals surface area contributed by atoms with Gasteiger partial charge in [0.2, 0.25) is 0 Å². The second-order valence-corrected chi connectivity index (χ2v) is 9.49. The minimum absolute atomic E-state index is 0.659. The van der Waals surface area contributed by atoms with E-state index in [0.29, 0.717) is 11.5 Å². The number of pyridine rings is 1. The molecule has 4 heterocycles. The third-order valence-corrected chi connectivity index (χ3v) is 7.01. The Morgan fingerprint density at radius 2 is 1.91 bits per heavy atom. The zero-order valence-corrected chi connectivity index (χ0v) is 21.4. The number of imidazole rings is 1. The van der Waals surface area contributed by atoms with Crippen LogP contribution in [0, 0.1) is 0 Å². The Hall–Kier alpha value is -4.03. The average Bonchev–Trinajstić information content (AvgIpc) is 3.58. The van der Waals surface area contributed by atoms with E-state index in [1.807, 2.05) is 39.0 Å². The van der Waals surface area contributed by atoms with Crippen LogP contribution in [0.1, 0.15) is 32.6 Å². The summed E-state index contributed by atoms with van der Waals surface area (Å²) in [5.74, 6) is 0.659. The molecule has 2 N–H and O–H groups in total. The Labute approximate surface area is 209 Å². The summed E-state index contributed by atoms with van der Waals surface area (Å²) >= 11 is 1.66. The van der Waals surface area contributed by atoms with Crippen molar-refractivity contribution in [2.45, 2.75) is 27.7 Å². The molecule has 5 nitrogen and oxygen atoms in total. The van der Waals surface area contributed by atoms with Crippen LogP contribution in [0.25, 0.3) is 51.4 Å². The smallest absolute Gasteiger partial charge is 0.159 e. The molecule has 0 amide bonds. The lowest BCUT2D eigenvalue weighted by molar-refractivity contribution is 1.06. The van der Waals surface area contributed by atoms with Gasteiger partial charge in [0.05, 0.1) is 15.7 Å². The summed E-state index contributed by atoms with van der Waals surface area (Å²) in [6, 6.07) is 6.07. The van der Waals surface area contributed by atoms with Crippen molar-refractivity contribution in [2.75, 3.05) is 0 Å². The van der Waals surface area contributed by atoms with Crippen molar-refractivity contribution in [3.63, 3.8) is 0 Å². The normalized spacial score (nSPS) is 13.6. The summed E-state index contributed by atoms with van der Waals surface area (Å²) < 4.78 is 0. The fraction of sp³-hybridized carbons (Fsp3) is 0.138. The van der Waals surface area contributed by atoms with Crippen LogP contribution in [0.5, 0.6) is 0 Å². The van der Waals surface area contributed by atoms with Crippen LogP contribution in [-0.2, 0) is 0 Å². The van der Waals surface area contributed by atoms with Gasteiger partial charge in [-0.25, -0.2) is 4.98 Å². The number of aromatic nitrogens is 5. The van der Waals surface area contributed by atoms with Crippen LogP contribution in [0.2, 0.25) is 0 Å². The second kappa shape index (κ2) is 10.1. The molecule has 4 aromatic rings. The van der Waals surface area contributed by atoms with Crippen LogP contribution >= 0.6 is 11.3 Å². The SMILES string of the molecule is C=C\C(C)=C/C(=C\C)C(/C)=C/C=c1/[nH]nc(-c2nc3c(-c4ccc(C(=C)C)s4)nccc3[nH]2)c1=C. The highest BCUT2D eigenvalue weighted by Crippen LogP contribution is 2.33. The lowest BCUT2D eigenvalue weighted by Gasteiger charge is -2.02. The number of aromatic amines is 2. The number of nitrogens with zero attached hydrogens (tertiary/aromatic N) is 3. The minimum atomic E-state index is 0.659. The molecule has 0 aromatic carbocycles. The quantitative estimate of drug-likeness (QED) is 0.305. The van der Waals surface area contributed by atoms with Crippen molar-refractivity contribution in [3.8, 4) is 22.1 Å². The topological polar surface area (TPSA) is 70.2 Å². The van der Waals surface area contributed by atoms with Gasteiger partial charge in [0.15, 0.2) is 5.82 Å². The maximum absolute atomic E-state index is 4.85. The first kappa shape index (κ1) is 24.1. The zero-order chi connectivity index (χ0) is 25.1. The van der Waals surface area contributed by atoms with Crippen molar-refractivity contribution in [2.24, 2.45) is 0 Å². The van der Waals surface area contributed by atoms with E-state index in [4.69, 9.17) is 4.98 Å². The molecule has 176 valence electrons. The lowest BCUT2D eigenvalue weighted by Crippen LogP contribution is -2.21. The number of H-pyrrole nitrogens is 2. The molecule has 6 heteroatoms. The number of thiophene rings is 1. The Kier molecular flexibility index (Phi) is 6.94. The molecule has 4 aromatic heterocycles. The van der Waals surface area contributed by atoms with E-state index in [1.165, 1.54) is 0 Å². The lowest BCUT2D eigenvalue weighted by atomic mass is 10.0. The summed E-state index contributed by atoms with van der Waals surface area (Å²) in [5.41, 5.74) is 7.67. The van der Waals surface area contributed by atoms with Crippen LogP contribution in [0.4, 0.5) is 0 Å². The molecule has 0 saturated heterocycles. The van der Waals surface area contributed by atoms with Crippen molar-refractivity contribution >= 4 is 40.6 Å². The maximum atomic E-state index is 4.85. The minimum Gasteiger partial charge on any atom is -0.336 e. The van der Waals surface area contributed by atoms with Gasteiger partial charge in [0.1, 0.15) is 16.9 Å². The van der Waals surface area contributed by atoms with Crippen molar-refractivity contribution in [1.29, 1.82) is 0 Å². The van der Waals surface area contributed by atoms with E-state index in [2.05, 4.69) is 77.2 Å². The van der Waals surface area contributed by atoms with E-state index in [9.17, 15) is 0 Å². The van der Waals surface area contributed by atoms with E-state index < -0.39 is 0 Å². The summed E-state index contributed by atoms with van der Waals surface area (Å²) in [5, 5.41) is 9.22. The summed E-state index contributed by atoms with van der Waals surface area (Å²) in [7, 11) is 0. The van der Waals surface area contributed by atoms with Gasteiger partial charge in [-0.3, -0.25) is 10.1 Å². The first-order chi connectivity index (χ1) is 16.8. The number of rotatable bonds is 7. The van der Waals surface area contributed by atoms with Crippen LogP contribution in [0.15, 0.2) is 78.6 Å². The summed E-state index contributed by atoms with van der Waals surface area (Å²) in [4.78, 5) is 15.0. The predicted molar refractivity (Wildman–Crippen MR) is 150 cm³/mol. The van der Waals surface area contributed by atoms with Gasteiger partial charge in [-0.2, -0.15) is 5.10 Å². The van der Waals surface area contributed by atoms with Crippen LogP contribution < -0.4 is 10.6 Å². The number of allylic oxidation sites excluding steroid dienone is 8. The molecule has 4 rings (SSSR count). The van der Waals surface area contributed by atoms with Gasteiger partial charge in [-0.15, -0.1) is 11.3 Å². The van der Waals surface area contributed by atoms with Crippen LogP contribution in [-0.4, -0.2) is 25.1 Å². The highest BCUT2D eigenvalue weighted by atomic mass is 32.1. The molecule has 0 bridgehead atoms. The molecule has 35 heavy (non-hydrogen) atoms. The Morgan fingerprint density at radius 3 is 2.60 bits per heavy atom. The fourth-order valence-corrected chi connectivity index (χ4v) is 4.60. The number of hydrogen-bond acceptors (Lipinski definition) is 4. The second-order valence-electron chi connectivity index (χ2n) is 8.40. The van der Waals surface area contributed by atoms with Gasteiger partial charge in [0.25, 0.3) is 0 Å². The van der Waals surface area contributed by atoms with Gasteiger partial charge in [0, 0.05) is 16.3 Å². The molecular formula is C29H29N5S. The summed E-state index contributed by atoms with van der Waals surface area (Å²) in [6.45, 7) is 20.3. The number of nitrogens with one attached hydrogen (secondary N) is 2.